The molecule has 2 saturated carbocycles. The third kappa shape index (κ3) is 5.86. The summed E-state index contributed by atoms with van der Waals surface area (Å²) in [4.78, 5) is 0. The summed E-state index contributed by atoms with van der Waals surface area (Å²) in [7, 11) is 0. The van der Waals surface area contributed by atoms with Crippen LogP contribution in [0.2, 0.25) is 0 Å². The van der Waals surface area contributed by atoms with Gasteiger partial charge in [-0.25, -0.2) is 0 Å². The first kappa shape index (κ1) is 14.0. The molecule has 0 radical (unpaired) electrons. The van der Waals surface area contributed by atoms with Crippen molar-refractivity contribution in [2.45, 2.75) is 83.2 Å². The van der Waals surface area contributed by atoms with Crippen LogP contribution in [0, 0.1) is 0 Å². The Hall–Kier alpha value is -0.0800. The zero-order chi connectivity index (χ0) is 11.6. The highest BCUT2D eigenvalue weighted by Crippen LogP contribution is 2.22. The zero-order valence-corrected chi connectivity index (χ0v) is 10.9. The lowest BCUT2D eigenvalue weighted by molar-refractivity contribution is 0.291. The summed E-state index contributed by atoms with van der Waals surface area (Å²) >= 11 is 0. The average Bonchev–Trinajstić information content (AvgIpc) is 2.33. The fraction of sp³-hybridized carbons (Fsp3) is 1.00. The highest BCUT2D eigenvalue weighted by Gasteiger charge is 2.19. The molecule has 2 fully saturated rings. The maximum Gasteiger partial charge on any atom is 0.0402 e. The van der Waals surface area contributed by atoms with Gasteiger partial charge in [0.15, 0.2) is 0 Å². The second-order valence-electron chi connectivity index (χ2n) is 5.15. The lowest BCUT2D eigenvalue weighted by atomic mass is 9.91. The topological polar surface area (TPSA) is 32.3 Å². The molecule has 2 aliphatic carbocycles. The first-order valence-electron chi connectivity index (χ1n) is 7.23. The van der Waals surface area contributed by atoms with Gasteiger partial charge in [-0.3, -0.25) is 0 Å². The molecule has 0 atom stereocenters. The second-order valence-corrected chi connectivity index (χ2v) is 5.15. The van der Waals surface area contributed by atoms with Gasteiger partial charge < -0.3 is 10.4 Å². The van der Waals surface area contributed by atoms with Crippen molar-refractivity contribution in [2.75, 3.05) is 6.61 Å². The molecule has 96 valence electrons. The first-order chi connectivity index (χ1) is 7.86. The Morgan fingerprint density at radius 2 is 1.12 bits per heavy atom. The van der Waals surface area contributed by atoms with Gasteiger partial charge in [-0.1, -0.05) is 38.5 Å². The van der Waals surface area contributed by atoms with Crippen molar-refractivity contribution >= 4 is 0 Å². The fourth-order valence-corrected chi connectivity index (χ4v) is 2.87. The van der Waals surface area contributed by atoms with Crippen molar-refractivity contribution in [1.29, 1.82) is 0 Å². The van der Waals surface area contributed by atoms with Gasteiger partial charge in [0.25, 0.3) is 0 Å². The number of aliphatic hydroxyl groups is 1. The number of hydrogen-bond donors (Lipinski definition) is 2. The van der Waals surface area contributed by atoms with E-state index in [9.17, 15) is 0 Å². The van der Waals surface area contributed by atoms with Crippen LogP contribution in [0.4, 0.5) is 0 Å². The summed E-state index contributed by atoms with van der Waals surface area (Å²) in [6, 6.07) is 1.74. The second kappa shape index (κ2) is 9.00. The fourth-order valence-electron chi connectivity index (χ4n) is 2.87. The highest BCUT2D eigenvalue weighted by molar-refractivity contribution is 4.79. The average molecular weight is 227 g/mol. The van der Waals surface area contributed by atoms with E-state index in [1.54, 1.807) is 6.92 Å². The lowest BCUT2D eigenvalue weighted by Crippen LogP contribution is -2.40. The van der Waals surface area contributed by atoms with Gasteiger partial charge in [0.1, 0.15) is 0 Å². The van der Waals surface area contributed by atoms with E-state index in [0.717, 1.165) is 12.1 Å². The van der Waals surface area contributed by atoms with Crippen molar-refractivity contribution in [2.24, 2.45) is 0 Å². The molecule has 2 heteroatoms. The van der Waals surface area contributed by atoms with Gasteiger partial charge >= 0.3 is 0 Å². The molecule has 0 aliphatic heterocycles. The zero-order valence-electron chi connectivity index (χ0n) is 10.9. The summed E-state index contributed by atoms with van der Waals surface area (Å²) in [5.41, 5.74) is 0. The molecular weight excluding hydrogens is 198 g/mol. The van der Waals surface area contributed by atoms with Gasteiger partial charge in [0.2, 0.25) is 0 Å². The minimum absolute atomic E-state index is 0.250. The number of hydrogen-bond acceptors (Lipinski definition) is 2. The van der Waals surface area contributed by atoms with Gasteiger partial charge in [-0.2, -0.15) is 0 Å². The Bertz CT molecular complexity index is 133. The Labute approximate surface area is 101 Å². The van der Waals surface area contributed by atoms with Crippen LogP contribution in [0.3, 0.4) is 0 Å². The van der Waals surface area contributed by atoms with E-state index in [1.807, 2.05) is 0 Å². The summed E-state index contributed by atoms with van der Waals surface area (Å²) < 4.78 is 0. The van der Waals surface area contributed by atoms with Crippen molar-refractivity contribution in [3.63, 3.8) is 0 Å². The predicted molar refractivity (Wildman–Crippen MR) is 69.6 cm³/mol. The number of aliphatic hydroxyl groups excluding tert-OH is 1. The summed E-state index contributed by atoms with van der Waals surface area (Å²) in [5.74, 6) is 0. The van der Waals surface area contributed by atoms with E-state index in [-0.39, 0.29) is 6.61 Å². The third-order valence-electron chi connectivity index (χ3n) is 3.68. The molecule has 2 rings (SSSR count). The molecule has 0 unspecified atom stereocenters. The van der Waals surface area contributed by atoms with Crippen LogP contribution in [0.15, 0.2) is 0 Å². The quantitative estimate of drug-likeness (QED) is 0.759. The van der Waals surface area contributed by atoms with Crippen LogP contribution >= 0.6 is 0 Å². The third-order valence-corrected chi connectivity index (χ3v) is 3.68. The standard InChI is InChI=1S/C12H23N.C2H6O/c1-3-7-11(8-4-1)13-12-9-5-2-6-10-12;1-2-3/h11-13H,1-10H2;3H,2H2,1H3. The van der Waals surface area contributed by atoms with E-state index in [0.29, 0.717) is 0 Å². The molecule has 0 saturated heterocycles. The highest BCUT2D eigenvalue weighted by atomic mass is 16.2. The molecule has 0 amide bonds. The molecule has 0 aromatic carbocycles. The van der Waals surface area contributed by atoms with Crippen molar-refractivity contribution < 1.29 is 5.11 Å². The minimum Gasteiger partial charge on any atom is -0.397 e. The van der Waals surface area contributed by atoms with E-state index in [1.165, 1.54) is 64.2 Å². The largest absolute Gasteiger partial charge is 0.397 e. The summed E-state index contributed by atoms with van der Waals surface area (Å²) in [6.07, 6.45) is 14.6. The lowest BCUT2D eigenvalue weighted by Gasteiger charge is -2.30. The molecule has 0 heterocycles. The van der Waals surface area contributed by atoms with Crippen LogP contribution in [0.5, 0.6) is 0 Å². The van der Waals surface area contributed by atoms with Crippen molar-refractivity contribution in [1.82, 2.24) is 5.32 Å². The molecule has 0 spiro atoms. The molecule has 0 aromatic heterocycles. The van der Waals surface area contributed by atoms with Gasteiger partial charge in [0.05, 0.1) is 0 Å². The normalized spacial score (nSPS) is 23.6. The van der Waals surface area contributed by atoms with Crippen LogP contribution in [0.25, 0.3) is 0 Å². The Balaban J connectivity index is 0.000000386. The van der Waals surface area contributed by atoms with Gasteiger partial charge in [-0.05, 0) is 32.6 Å². The Morgan fingerprint density at radius 3 is 1.44 bits per heavy atom. The maximum atomic E-state index is 7.57. The molecule has 0 aromatic rings. The molecule has 2 N–H and O–H groups in total. The number of rotatable bonds is 2. The molecule has 0 bridgehead atoms. The first-order valence-corrected chi connectivity index (χ1v) is 7.23. The summed E-state index contributed by atoms with van der Waals surface area (Å²) in [5, 5.41) is 11.4. The SMILES string of the molecule is C1CCC(NC2CCCCC2)CC1.CCO. The smallest absolute Gasteiger partial charge is 0.0402 e. The molecule has 2 nitrogen and oxygen atoms in total. The van der Waals surface area contributed by atoms with Crippen molar-refractivity contribution in [3.05, 3.63) is 0 Å². The van der Waals surface area contributed by atoms with Crippen LogP contribution in [-0.2, 0) is 0 Å². The molecule has 2 aliphatic rings. The Kier molecular flexibility index (Phi) is 7.87. The van der Waals surface area contributed by atoms with Gasteiger partial charge in [0, 0.05) is 18.7 Å². The molecular formula is C14H29NO. The van der Waals surface area contributed by atoms with E-state index < -0.39 is 0 Å². The molecule has 16 heavy (non-hydrogen) atoms. The van der Waals surface area contributed by atoms with E-state index in [4.69, 9.17) is 5.11 Å². The van der Waals surface area contributed by atoms with E-state index in [2.05, 4.69) is 5.32 Å². The van der Waals surface area contributed by atoms with Gasteiger partial charge in [-0.15, -0.1) is 0 Å². The van der Waals surface area contributed by atoms with Crippen LogP contribution < -0.4 is 5.32 Å². The van der Waals surface area contributed by atoms with Crippen molar-refractivity contribution in [3.8, 4) is 0 Å². The Morgan fingerprint density at radius 1 is 0.812 bits per heavy atom. The monoisotopic (exact) mass is 227 g/mol. The predicted octanol–water partition coefficient (Wildman–Crippen LogP) is 3.24. The summed E-state index contributed by atoms with van der Waals surface area (Å²) in [6.45, 7) is 1.93. The number of nitrogens with one attached hydrogen (secondary N) is 1. The van der Waals surface area contributed by atoms with E-state index >= 15 is 0 Å². The minimum atomic E-state index is 0.250. The van der Waals surface area contributed by atoms with Crippen LogP contribution in [0.1, 0.15) is 71.1 Å². The van der Waals surface area contributed by atoms with Crippen LogP contribution in [-0.4, -0.2) is 23.8 Å². The maximum absolute atomic E-state index is 7.57.